The van der Waals surface area contributed by atoms with Crippen molar-refractivity contribution in [2.45, 2.75) is 46.7 Å². The molecule has 0 aliphatic carbocycles. The molecule has 1 aromatic carbocycles. The van der Waals surface area contributed by atoms with E-state index in [9.17, 15) is 0 Å². The Hall–Kier alpha value is -1.77. The Labute approximate surface area is 178 Å². The molecule has 2 aromatic rings. The molecular weight excluding hydrogens is 453 g/mol. The third kappa shape index (κ3) is 5.37. The molecule has 148 valence electrons. The number of halogens is 1. The van der Waals surface area contributed by atoms with Crippen LogP contribution in [0.15, 0.2) is 33.7 Å². The predicted molar refractivity (Wildman–Crippen MR) is 121 cm³/mol. The van der Waals surface area contributed by atoms with Crippen molar-refractivity contribution in [3.05, 3.63) is 47.2 Å². The molecule has 1 atom stereocenters. The number of rotatable bonds is 6. The van der Waals surface area contributed by atoms with Crippen molar-refractivity contribution in [2.75, 3.05) is 24.5 Å². The fourth-order valence-corrected chi connectivity index (χ4v) is 3.27. The van der Waals surface area contributed by atoms with Gasteiger partial charge in [-0.25, -0.2) is 9.98 Å². The average Bonchev–Trinajstić information content (AvgIpc) is 3.20. The number of nitrogens with zero attached hydrogens (tertiary/aromatic N) is 3. The maximum atomic E-state index is 5.61. The molecule has 0 saturated carbocycles. The summed E-state index contributed by atoms with van der Waals surface area (Å²) in [7, 11) is 0. The molecule has 0 spiro atoms. The highest BCUT2D eigenvalue weighted by Crippen LogP contribution is 2.28. The molecule has 1 aliphatic heterocycles. The van der Waals surface area contributed by atoms with Crippen LogP contribution < -0.4 is 15.5 Å². The molecule has 0 amide bonds. The average molecular weight is 483 g/mol. The normalized spacial score (nSPS) is 14.5. The number of para-hydroxylation sites is 1. The monoisotopic (exact) mass is 483 g/mol. The minimum Gasteiger partial charge on any atom is -0.444 e. The summed E-state index contributed by atoms with van der Waals surface area (Å²) in [5.41, 5.74) is 3.72. The highest BCUT2D eigenvalue weighted by Gasteiger charge is 2.22. The van der Waals surface area contributed by atoms with Gasteiger partial charge in [0.2, 0.25) is 5.89 Å². The van der Waals surface area contributed by atoms with Gasteiger partial charge in [0.05, 0.1) is 5.69 Å². The topological polar surface area (TPSA) is 65.7 Å². The first kappa shape index (κ1) is 21.5. The second kappa shape index (κ2) is 9.96. The molecule has 1 unspecified atom stereocenters. The van der Waals surface area contributed by atoms with Crippen LogP contribution >= 0.6 is 24.0 Å². The van der Waals surface area contributed by atoms with Crippen LogP contribution in [0.2, 0.25) is 0 Å². The van der Waals surface area contributed by atoms with Gasteiger partial charge in [0.25, 0.3) is 0 Å². The van der Waals surface area contributed by atoms with Crippen LogP contribution in [0.1, 0.15) is 36.8 Å². The third-order valence-electron chi connectivity index (χ3n) is 4.81. The molecule has 2 heterocycles. The molecule has 0 radical (unpaired) electrons. The zero-order valence-electron chi connectivity index (χ0n) is 16.6. The van der Waals surface area contributed by atoms with E-state index >= 15 is 0 Å². The van der Waals surface area contributed by atoms with E-state index in [0.29, 0.717) is 18.5 Å². The van der Waals surface area contributed by atoms with E-state index in [0.717, 1.165) is 43.5 Å². The molecule has 0 saturated heterocycles. The summed E-state index contributed by atoms with van der Waals surface area (Å²) in [5, 5.41) is 6.74. The SMILES string of the molecule is CCNC(=NCc1nc(C)c(C)o1)NCC(C)N1CCc2ccccc21.I. The number of nitrogens with one attached hydrogen (secondary N) is 2. The van der Waals surface area contributed by atoms with Crippen LogP contribution in [0.5, 0.6) is 0 Å². The van der Waals surface area contributed by atoms with Crippen molar-refractivity contribution in [2.24, 2.45) is 4.99 Å². The van der Waals surface area contributed by atoms with E-state index in [1.54, 1.807) is 0 Å². The number of oxazole rings is 1. The van der Waals surface area contributed by atoms with Crippen molar-refractivity contribution in [1.82, 2.24) is 15.6 Å². The van der Waals surface area contributed by atoms with Gasteiger partial charge < -0.3 is 20.0 Å². The number of guanidine groups is 1. The molecule has 0 bridgehead atoms. The van der Waals surface area contributed by atoms with Crippen LogP contribution in [0, 0.1) is 13.8 Å². The first-order valence-electron chi connectivity index (χ1n) is 9.38. The molecular formula is C20H30IN5O. The zero-order valence-corrected chi connectivity index (χ0v) is 18.9. The Morgan fingerprint density at radius 2 is 2.07 bits per heavy atom. The van der Waals surface area contributed by atoms with Gasteiger partial charge in [-0.1, -0.05) is 18.2 Å². The van der Waals surface area contributed by atoms with Gasteiger partial charge in [0, 0.05) is 31.4 Å². The number of aryl methyl sites for hydroxylation is 2. The van der Waals surface area contributed by atoms with E-state index < -0.39 is 0 Å². The lowest BCUT2D eigenvalue weighted by Gasteiger charge is -2.28. The lowest BCUT2D eigenvalue weighted by Crippen LogP contribution is -2.45. The number of aromatic nitrogens is 1. The molecule has 1 aliphatic rings. The first-order chi connectivity index (χ1) is 12.6. The van der Waals surface area contributed by atoms with Crippen LogP contribution in [0.3, 0.4) is 0 Å². The van der Waals surface area contributed by atoms with Gasteiger partial charge in [-0.3, -0.25) is 0 Å². The summed E-state index contributed by atoms with van der Waals surface area (Å²) < 4.78 is 5.61. The van der Waals surface area contributed by atoms with Gasteiger partial charge in [-0.2, -0.15) is 0 Å². The number of anilines is 1. The number of aliphatic imine (C=N–C) groups is 1. The first-order valence-corrected chi connectivity index (χ1v) is 9.38. The molecule has 27 heavy (non-hydrogen) atoms. The van der Waals surface area contributed by atoms with Gasteiger partial charge in [-0.05, 0) is 45.7 Å². The summed E-state index contributed by atoms with van der Waals surface area (Å²) in [4.78, 5) is 11.5. The van der Waals surface area contributed by atoms with Crippen LogP contribution in [-0.4, -0.2) is 36.6 Å². The van der Waals surface area contributed by atoms with Crippen molar-refractivity contribution in [3.8, 4) is 0 Å². The second-order valence-corrected chi connectivity index (χ2v) is 6.75. The van der Waals surface area contributed by atoms with E-state index in [-0.39, 0.29) is 24.0 Å². The molecule has 3 rings (SSSR count). The lowest BCUT2D eigenvalue weighted by atomic mass is 10.2. The maximum Gasteiger partial charge on any atom is 0.216 e. The maximum absolute atomic E-state index is 5.61. The van der Waals surface area contributed by atoms with Crippen molar-refractivity contribution in [1.29, 1.82) is 0 Å². The predicted octanol–water partition coefficient (Wildman–Crippen LogP) is 3.42. The Kier molecular flexibility index (Phi) is 7.94. The van der Waals surface area contributed by atoms with Gasteiger partial charge in [0.1, 0.15) is 12.3 Å². The van der Waals surface area contributed by atoms with Crippen LogP contribution in [0.4, 0.5) is 5.69 Å². The number of hydrogen-bond acceptors (Lipinski definition) is 4. The van der Waals surface area contributed by atoms with Gasteiger partial charge >= 0.3 is 0 Å². The van der Waals surface area contributed by atoms with E-state index in [1.807, 2.05) is 13.8 Å². The fourth-order valence-electron chi connectivity index (χ4n) is 3.27. The van der Waals surface area contributed by atoms with E-state index in [4.69, 9.17) is 4.42 Å². The largest absolute Gasteiger partial charge is 0.444 e. The zero-order chi connectivity index (χ0) is 18.5. The number of hydrogen-bond donors (Lipinski definition) is 2. The fraction of sp³-hybridized carbons (Fsp3) is 0.500. The number of benzene rings is 1. The van der Waals surface area contributed by atoms with Gasteiger partial charge in [0.15, 0.2) is 5.96 Å². The summed E-state index contributed by atoms with van der Waals surface area (Å²) in [6, 6.07) is 9.05. The Balaban J connectivity index is 0.00000261. The molecule has 7 heteroatoms. The lowest BCUT2D eigenvalue weighted by molar-refractivity contribution is 0.472. The summed E-state index contributed by atoms with van der Waals surface area (Å²) in [6.45, 7) is 11.3. The highest BCUT2D eigenvalue weighted by atomic mass is 127. The minimum atomic E-state index is 0. The molecule has 0 fully saturated rings. The smallest absolute Gasteiger partial charge is 0.216 e. The van der Waals surface area contributed by atoms with E-state index in [2.05, 4.69) is 63.6 Å². The molecule has 1 aromatic heterocycles. The molecule has 2 N–H and O–H groups in total. The highest BCUT2D eigenvalue weighted by molar-refractivity contribution is 14.0. The second-order valence-electron chi connectivity index (χ2n) is 6.75. The van der Waals surface area contributed by atoms with Crippen molar-refractivity contribution in [3.63, 3.8) is 0 Å². The Morgan fingerprint density at radius 1 is 1.30 bits per heavy atom. The minimum absolute atomic E-state index is 0. The quantitative estimate of drug-likeness (QED) is 0.375. The summed E-state index contributed by atoms with van der Waals surface area (Å²) in [5.74, 6) is 2.30. The van der Waals surface area contributed by atoms with Crippen molar-refractivity contribution < 1.29 is 4.42 Å². The van der Waals surface area contributed by atoms with Crippen molar-refractivity contribution >= 4 is 35.6 Å². The summed E-state index contributed by atoms with van der Waals surface area (Å²) >= 11 is 0. The number of fused-ring (bicyclic) bond motifs is 1. The Morgan fingerprint density at radius 3 is 2.78 bits per heavy atom. The standard InChI is InChI=1S/C20H29N5O.HI/c1-5-21-20(23-13-19-24-15(3)16(4)26-19)22-12-14(2)25-11-10-17-8-6-7-9-18(17)25;/h6-9,14H,5,10-13H2,1-4H3,(H2,21,22,23);1H. The van der Waals surface area contributed by atoms with Crippen LogP contribution in [0.25, 0.3) is 0 Å². The van der Waals surface area contributed by atoms with Crippen LogP contribution in [-0.2, 0) is 13.0 Å². The third-order valence-corrected chi connectivity index (χ3v) is 4.81. The van der Waals surface area contributed by atoms with E-state index in [1.165, 1.54) is 11.3 Å². The Bertz CT molecular complexity index is 754. The molecule has 6 nitrogen and oxygen atoms in total. The summed E-state index contributed by atoms with van der Waals surface area (Å²) in [6.07, 6.45) is 1.12. The van der Waals surface area contributed by atoms with Gasteiger partial charge in [-0.15, -0.1) is 24.0 Å².